The maximum Gasteiger partial charge on any atom is 0.122 e. The van der Waals surface area contributed by atoms with Gasteiger partial charge in [-0.1, -0.05) is 12.1 Å². The minimum Gasteiger partial charge on any atom is -0.496 e. The summed E-state index contributed by atoms with van der Waals surface area (Å²) in [5.74, 6) is 0.927. The van der Waals surface area contributed by atoms with Crippen LogP contribution in [0, 0.1) is 0 Å². The number of aliphatic hydroxyl groups is 1. The summed E-state index contributed by atoms with van der Waals surface area (Å²) in [6.07, 6.45) is 2.66. The number of hydrogen-bond acceptors (Lipinski definition) is 3. The first-order chi connectivity index (χ1) is 8.85. The van der Waals surface area contributed by atoms with E-state index < -0.39 is 0 Å². The summed E-state index contributed by atoms with van der Waals surface area (Å²) in [6.45, 7) is 0.179. The molecule has 2 aromatic rings. The summed E-state index contributed by atoms with van der Waals surface area (Å²) in [4.78, 5) is 0. The van der Waals surface area contributed by atoms with Gasteiger partial charge in [-0.05, 0) is 58.8 Å². The number of ether oxygens (including phenoxy) is 1. The van der Waals surface area contributed by atoms with Crippen LogP contribution in [0.5, 0.6) is 5.75 Å². The van der Waals surface area contributed by atoms with Crippen molar-refractivity contribution in [3.05, 3.63) is 51.7 Å². The average molecular weight is 262 g/mol. The molecular formula is C15H18O2S. The van der Waals surface area contributed by atoms with Gasteiger partial charge < -0.3 is 9.84 Å². The summed E-state index contributed by atoms with van der Waals surface area (Å²) in [5, 5.41) is 13.4. The fourth-order valence-electron chi connectivity index (χ4n) is 2.15. The Labute approximate surface area is 112 Å². The molecule has 2 rings (SSSR count). The largest absolute Gasteiger partial charge is 0.496 e. The molecule has 18 heavy (non-hydrogen) atoms. The van der Waals surface area contributed by atoms with E-state index in [4.69, 9.17) is 9.84 Å². The van der Waals surface area contributed by atoms with Crippen molar-refractivity contribution in [3.63, 3.8) is 0 Å². The molecule has 0 aliphatic rings. The predicted octanol–water partition coefficient (Wildman–Crippen LogP) is 3.08. The smallest absolute Gasteiger partial charge is 0.122 e. The summed E-state index contributed by atoms with van der Waals surface area (Å²) >= 11 is 1.73. The lowest BCUT2D eigenvalue weighted by Gasteiger charge is -2.13. The van der Waals surface area contributed by atoms with Gasteiger partial charge in [0.15, 0.2) is 0 Å². The van der Waals surface area contributed by atoms with E-state index in [0.29, 0.717) is 6.42 Å². The molecule has 0 saturated carbocycles. The fraction of sp³-hybridized carbons (Fsp3) is 0.333. The molecule has 0 spiro atoms. The van der Waals surface area contributed by atoms with Gasteiger partial charge in [-0.2, -0.15) is 11.3 Å². The number of methoxy groups -OCH3 is 1. The van der Waals surface area contributed by atoms with Gasteiger partial charge in [0, 0.05) is 6.61 Å². The monoisotopic (exact) mass is 262 g/mol. The van der Waals surface area contributed by atoms with E-state index in [2.05, 4.69) is 22.9 Å². The Bertz CT molecular complexity index is 477. The van der Waals surface area contributed by atoms with Crippen molar-refractivity contribution in [2.45, 2.75) is 19.3 Å². The SMILES string of the molecule is COc1cccc(CCO)c1CCc1ccsc1. The normalized spacial score (nSPS) is 10.6. The van der Waals surface area contributed by atoms with Crippen LogP contribution in [0.3, 0.4) is 0 Å². The molecule has 0 aliphatic heterocycles. The number of benzene rings is 1. The Morgan fingerprint density at radius 1 is 1.17 bits per heavy atom. The topological polar surface area (TPSA) is 29.5 Å². The second-order valence-electron chi connectivity index (χ2n) is 4.20. The summed E-state index contributed by atoms with van der Waals surface area (Å²) in [6, 6.07) is 8.20. The minimum atomic E-state index is 0.179. The van der Waals surface area contributed by atoms with E-state index in [-0.39, 0.29) is 6.61 Å². The fourth-order valence-corrected chi connectivity index (χ4v) is 2.85. The number of hydrogen-bond donors (Lipinski definition) is 1. The number of aliphatic hydroxyl groups excluding tert-OH is 1. The van der Waals surface area contributed by atoms with Crippen molar-refractivity contribution in [3.8, 4) is 5.75 Å². The maximum absolute atomic E-state index is 9.12. The van der Waals surface area contributed by atoms with Gasteiger partial charge >= 0.3 is 0 Å². The average Bonchev–Trinajstić information content (AvgIpc) is 2.90. The van der Waals surface area contributed by atoms with Crippen LogP contribution in [0.1, 0.15) is 16.7 Å². The standard InChI is InChI=1S/C15H18O2S/c1-17-15-4-2-3-13(7-9-16)14(15)6-5-12-8-10-18-11-12/h2-4,8,10-11,16H,5-7,9H2,1H3. The van der Waals surface area contributed by atoms with Crippen LogP contribution in [0.2, 0.25) is 0 Å². The zero-order chi connectivity index (χ0) is 12.8. The van der Waals surface area contributed by atoms with Gasteiger partial charge in [0.1, 0.15) is 5.75 Å². The van der Waals surface area contributed by atoms with E-state index >= 15 is 0 Å². The number of thiophene rings is 1. The van der Waals surface area contributed by atoms with Gasteiger partial charge in [0.2, 0.25) is 0 Å². The van der Waals surface area contributed by atoms with E-state index in [9.17, 15) is 0 Å². The third-order valence-corrected chi connectivity index (χ3v) is 3.81. The molecule has 1 N–H and O–H groups in total. The third kappa shape index (κ3) is 3.12. The number of aryl methyl sites for hydroxylation is 1. The molecule has 0 amide bonds. The summed E-state index contributed by atoms with van der Waals surface area (Å²) in [5.41, 5.74) is 3.77. The highest BCUT2D eigenvalue weighted by Crippen LogP contribution is 2.24. The molecule has 0 unspecified atom stereocenters. The van der Waals surface area contributed by atoms with Gasteiger partial charge in [0.25, 0.3) is 0 Å². The van der Waals surface area contributed by atoms with Gasteiger partial charge in [0.05, 0.1) is 7.11 Å². The van der Waals surface area contributed by atoms with Crippen LogP contribution in [-0.2, 0) is 19.3 Å². The lowest BCUT2D eigenvalue weighted by Crippen LogP contribution is -2.02. The van der Waals surface area contributed by atoms with Crippen LogP contribution in [0.25, 0.3) is 0 Å². The molecule has 1 aromatic heterocycles. The third-order valence-electron chi connectivity index (χ3n) is 3.07. The molecule has 0 fully saturated rings. The van der Waals surface area contributed by atoms with Crippen molar-refractivity contribution in [1.29, 1.82) is 0 Å². The summed E-state index contributed by atoms with van der Waals surface area (Å²) in [7, 11) is 1.70. The van der Waals surface area contributed by atoms with Crippen molar-refractivity contribution < 1.29 is 9.84 Å². The highest BCUT2D eigenvalue weighted by molar-refractivity contribution is 7.07. The molecule has 2 nitrogen and oxygen atoms in total. The molecule has 1 aromatic carbocycles. The van der Waals surface area contributed by atoms with E-state index in [1.165, 1.54) is 16.7 Å². The molecule has 0 radical (unpaired) electrons. The second-order valence-corrected chi connectivity index (χ2v) is 4.98. The molecule has 0 atom stereocenters. The Morgan fingerprint density at radius 2 is 2.06 bits per heavy atom. The maximum atomic E-state index is 9.12. The highest BCUT2D eigenvalue weighted by Gasteiger charge is 2.09. The lowest BCUT2D eigenvalue weighted by molar-refractivity contribution is 0.299. The van der Waals surface area contributed by atoms with Gasteiger partial charge in [-0.25, -0.2) is 0 Å². The summed E-state index contributed by atoms with van der Waals surface area (Å²) < 4.78 is 5.42. The first kappa shape index (κ1) is 13.1. The second kappa shape index (κ2) is 6.57. The van der Waals surface area contributed by atoms with Crippen molar-refractivity contribution in [2.75, 3.05) is 13.7 Å². The molecule has 0 saturated heterocycles. The zero-order valence-corrected chi connectivity index (χ0v) is 11.4. The van der Waals surface area contributed by atoms with Crippen LogP contribution in [0.15, 0.2) is 35.0 Å². The van der Waals surface area contributed by atoms with Crippen LogP contribution < -0.4 is 4.74 Å². The Morgan fingerprint density at radius 3 is 2.72 bits per heavy atom. The highest BCUT2D eigenvalue weighted by atomic mass is 32.1. The molecule has 0 bridgehead atoms. The van der Waals surface area contributed by atoms with Crippen LogP contribution >= 0.6 is 11.3 Å². The van der Waals surface area contributed by atoms with Crippen molar-refractivity contribution in [2.24, 2.45) is 0 Å². The van der Waals surface area contributed by atoms with Gasteiger partial charge in [-0.3, -0.25) is 0 Å². The van der Waals surface area contributed by atoms with E-state index in [1.807, 2.05) is 12.1 Å². The van der Waals surface area contributed by atoms with Crippen molar-refractivity contribution >= 4 is 11.3 Å². The van der Waals surface area contributed by atoms with Crippen LogP contribution in [-0.4, -0.2) is 18.8 Å². The molecule has 0 aliphatic carbocycles. The molecule has 3 heteroatoms. The first-order valence-electron chi connectivity index (χ1n) is 6.12. The van der Waals surface area contributed by atoms with E-state index in [0.717, 1.165) is 18.6 Å². The Balaban J connectivity index is 2.18. The lowest BCUT2D eigenvalue weighted by atomic mass is 9.98. The van der Waals surface area contributed by atoms with Crippen molar-refractivity contribution in [1.82, 2.24) is 0 Å². The van der Waals surface area contributed by atoms with Crippen LogP contribution in [0.4, 0.5) is 0 Å². The zero-order valence-electron chi connectivity index (χ0n) is 10.6. The van der Waals surface area contributed by atoms with Gasteiger partial charge in [-0.15, -0.1) is 0 Å². The Hall–Kier alpha value is -1.32. The Kier molecular flexibility index (Phi) is 4.79. The molecule has 1 heterocycles. The minimum absolute atomic E-state index is 0.179. The quantitative estimate of drug-likeness (QED) is 0.867. The van der Waals surface area contributed by atoms with E-state index in [1.54, 1.807) is 18.4 Å². The first-order valence-corrected chi connectivity index (χ1v) is 7.06. The molecule has 96 valence electrons. The predicted molar refractivity (Wildman–Crippen MR) is 75.5 cm³/mol. The molecular weight excluding hydrogens is 244 g/mol. The number of rotatable bonds is 6.